The van der Waals surface area contributed by atoms with Gasteiger partial charge in [-0.2, -0.15) is 0 Å². The topological polar surface area (TPSA) is 63.8 Å². The summed E-state index contributed by atoms with van der Waals surface area (Å²) < 4.78 is 0. The molecule has 1 atom stereocenters. The number of rotatable bonds is 4. The second-order valence-electron chi connectivity index (χ2n) is 3.77. The van der Waals surface area contributed by atoms with Gasteiger partial charge in [-0.15, -0.1) is 10.2 Å². The Hall–Kier alpha value is -1.36. The first kappa shape index (κ1) is 13.1. The summed E-state index contributed by atoms with van der Waals surface area (Å²) in [6, 6.07) is 11.3. The third-order valence-electron chi connectivity index (χ3n) is 2.46. The molecule has 2 rings (SSSR count). The first-order valence-corrected chi connectivity index (χ1v) is 6.15. The highest BCUT2D eigenvalue weighted by atomic mass is 35.5. The minimum atomic E-state index is -0.130. The Morgan fingerprint density at radius 2 is 1.89 bits per heavy atom. The maximum Gasteiger partial charge on any atom is 0.174 e. The Bertz CT molecular complexity index is 519. The molecule has 3 N–H and O–H groups in total. The van der Waals surface area contributed by atoms with E-state index in [2.05, 4.69) is 15.5 Å². The van der Waals surface area contributed by atoms with Crippen LogP contribution in [-0.4, -0.2) is 16.7 Å². The molecule has 4 nitrogen and oxygen atoms in total. The van der Waals surface area contributed by atoms with E-state index in [0.29, 0.717) is 12.2 Å². The lowest BCUT2D eigenvalue weighted by molar-refractivity contribution is 0.763. The molecule has 6 heteroatoms. The van der Waals surface area contributed by atoms with Gasteiger partial charge in [-0.3, -0.25) is 0 Å². The van der Waals surface area contributed by atoms with Gasteiger partial charge in [0.25, 0.3) is 0 Å². The van der Waals surface area contributed by atoms with Gasteiger partial charge >= 0.3 is 0 Å². The molecule has 0 amide bonds. The summed E-state index contributed by atoms with van der Waals surface area (Å²) in [4.78, 5) is 0. The monoisotopic (exact) mass is 282 g/mol. The first-order chi connectivity index (χ1) is 8.66. The lowest BCUT2D eigenvalue weighted by atomic mass is 10.1. The van der Waals surface area contributed by atoms with Crippen molar-refractivity contribution in [3.63, 3.8) is 0 Å². The maximum atomic E-state index is 6.06. The van der Waals surface area contributed by atoms with Crippen molar-refractivity contribution in [1.29, 1.82) is 0 Å². The standard InChI is InChI=1S/C12H12Cl2N4/c13-11-6-10(12(14)18-17-11)16-7-9(15)8-4-2-1-3-5-8/h1-6,9H,7,15H2,(H,16,17). The highest BCUT2D eigenvalue weighted by Crippen LogP contribution is 2.21. The second kappa shape index (κ2) is 6.00. The summed E-state index contributed by atoms with van der Waals surface area (Å²) in [7, 11) is 0. The minimum absolute atomic E-state index is 0.130. The number of anilines is 1. The van der Waals surface area contributed by atoms with Crippen molar-refractivity contribution in [1.82, 2.24) is 10.2 Å². The van der Waals surface area contributed by atoms with Crippen molar-refractivity contribution < 1.29 is 0 Å². The Kier molecular flexibility index (Phi) is 4.36. The van der Waals surface area contributed by atoms with E-state index in [1.807, 2.05) is 30.3 Å². The fraction of sp³-hybridized carbons (Fsp3) is 0.167. The van der Waals surface area contributed by atoms with Crippen LogP contribution in [0.2, 0.25) is 10.3 Å². The van der Waals surface area contributed by atoms with Crippen molar-refractivity contribution in [2.45, 2.75) is 6.04 Å². The van der Waals surface area contributed by atoms with Crippen LogP contribution in [0.25, 0.3) is 0 Å². The molecule has 0 aliphatic heterocycles. The van der Waals surface area contributed by atoms with Gasteiger partial charge < -0.3 is 11.1 Å². The molecule has 0 aliphatic carbocycles. The second-order valence-corrected chi connectivity index (χ2v) is 4.51. The van der Waals surface area contributed by atoms with Crippen LogP contribution in [0.5, 0.6) is 0 Å². The van der Waals surface area contributed by atoms with Crippen molar-refractivity contribution >= 4 is 28.9 Å². The first-order valence-electron chi connectivity index (χ1n) is 5.40. The molecule has 1 unspecified atom stereocenters. The number of halogens is 2. The Balaban J connectivity index is 2.01. The Morgan fingerprint density at radius 3 is 2.61 bits per heavy atom. The molecule has 94 valence electrons. The van der Waals surface area contributed by atoms with Gasteiger partial charge in [-0.25, -0.2) is 0 Å². The molecule has 0 spiro atoms. The summed E-state index contributed by atoms with van der Waals surface area (Å²) >= 11 is 11.6. The van der Waals surface area contributed by atoms with Crippen molar-refractivity contribution in [2.75, 3.05) is 11.9 Å². The van der Waals surface area contributed by atoms with Crippen molar-refractivity contribution in [3.8, 4) is 0 Å². The van der Waals surface area contributed by atoms with Crippen LogP contribution < -0.4 is 11.1 Å². The zero-order valence-electron chi connectivity index (χ0n) is 9.48. The molecule has 0 fully saturated rings. The lowest BCUT2D eigenvalue weighted by Gasteiger charge is -2.14. The van der Waals surface area contributed by atoms with Crippen LogP contribution in [0.15, 0.2) is 36.4 Å². The van der Waals surface area contributed by atoms with Gasteiger partial charge in [0.1, 0.15) is 0 Å². The van der Waals surface area contributed by atoms with Crippen LogP contribution >= 0.6 is 23.2 Å². The quantitative estimate of drug-likeness (QED) is 0.905. The largest absolute Gasteiger partial charge is 0.381 e. The summed E-state index contributed by atoms with van der Waals surface area (Å²) in [5.41, 5.74) is 7.73. The smallest absolute Gasteiger partial charge is 0.174 e. The highest BCUT2D eigenvalue weighted by molar-refractivity contribution is 6.33. The summed E-state index contributed by atoms with van der Waals surface area (Å²) in [5.74, 6) is 0. The van der Waals surface area contributed by atoms with Gasteiger partial charge in [0.2, 0.25) is 0 Å². The highest BCUT2D eigenvalue weighted by Gasteiger charge is 2.08. The van der Waals surface area contributed by atoms with Crippen LogP contribution in [-0.2, 0) is 0 Å². The predicted molar refractivity (Wildman–Crippen MR) is 73.9 cm³/mol. The molecule has 0 saturated heterocycles. The van der Waals surface area contributed by atoms with Crippen molar-refractivity contribution in [3.05, 3.63) is 52.3 Å². The van der Waals surface area contributed by atoms with Gasteiger partial charge in [-0.05, 0) is 5.56 Å². The average molecular weight is 283 g/mol. The molecule has 0 bridgehead atoms. The molecule has 1 aromatic carbocycles. The van der Waals surface area contributed by atoms with E-state index < -0.39 is 0 Å². The van der Waals surface area contributed by atoms with Crippen LogP contribution in [0.3, 0.4) is 0 Å². The van der Waals surface area contributed by atoms with Gasteiger partial charge in [-0.1, -0.05) is 53.5 Å². The van der Waals surface area contributed by atoms with E-state index in [1.54, 1.807) is 6.07 Å². The van der Waals surface area contributed by atoms with Crippen LogP contribution in [0.4, 0.5) is 5.69 Å². The number of nitrogens with zero attached hydrogens (tertiary/aromatic N) is 2. The summed E-state index contributed by atoms with van der Waals surface area (Å²) in [5, 5.41) is 11.0. The maximum absolute atomic E-state index is 6.06. The van der Waals surface area contributed by atoms with E-state index in [9.17, 15) is 0 Å². The molecule has 2 aromatic rings. The molecule has 1 aromatic heterocycles. The molecular weight excluding hydrogens is 271 g/mol. The number of aromatic nitrogens is 2. The molecule has 1 heterocycles. The number of nitrogens with one attached hydrogen (secondary N) is 1. The van der Waals surface area contributed by atoms with E-state index >= 15 is 0 Å². The molecule has 0 saturated carbocycles. The van der Waals surface area contributed by atoms with Gasteiger partial charge in [0.05, 0.1) is 5.69 Å². The third kappa shape index (κ3) is 3.32. The SMILES string of the molecule is NC(CNc1cc(Cl)nnc1Cl)c1ccccc1. The van der Waals surface area contributed by atoms with Crippen LogP contribution in [0, 0.1) is 0 Å². The molecule has 0 radical (unpaired) electrons. The number of hydrogen-bond acceptors (Lipinski definition) is 4. The normalized spacial score (nSPS) is 12.2. The Labute approximate surface area is 115 Å². The average Bonchev–Trinajstić information content (AvgIpc) is 2.40. The third-order valence-corrected chi connectivity index (χ3v) is 2.92. The minimum Gasteiger partial charge on any atom is -0.381 e. The molecule has 18 heavy (non-hydrogen) atoms. The van der Waals surface area contributed by atoms with E-state index in [-0.39, 0.29) is 16.3 Å². The summed E-state index contributed by atoms with van der Waals surface area (Å²) in [6.45, 7) is 0.533. The zero-order chi connectivity index (χ0) is 13.0. The van der Waals surface area contributed by atoms with Gasteiger partial charge in [0.15, 0.2) is 10.3 Å². The Morgan fingerprint density at radius 1 is 1.17 bits per heavy atom. The van der Waals surface area contributed by atoms with Crippen LogP contribution in [0.1, 0.15) is 11.6 Å². The predicted octanol–water partition coefficient (Wildman–Crippen LogP) is 2.90. The van der Waals surface area contributed by atoms with Crippen molar-refractivity contribution in [2.24, 2.45) is 5.73 Å². The van der Waals surface area contributed by atoms with E-state index in [1.165, 1.54) is 0 Å². The number of nitrogens with two attached hydrogens (primary N) is 1. The summed E-state index contributed by atoms with van der Waals surface area (Å²) in [6.07, 6.45) is 0. The fourth-order valence-corrected chi connectivity index (χ4v) is 1.82. The lowest BCUT2D eigenvalue weighted by Crippen LogP contribution is -2.20. The number of hydrogen-bond donors (Lipinski definition) is 2. The number of benzene rings is 1. The van der Waals surface area contributed by atoms with Gasteiger partial charge in [0, 0.05) is 18.7 Å². The van der Waals surface area contributed by atoms with E-state index in [0.717, 1.165) is 5.56 Å². The molecular formula is C12H12Cl2N4. The fourth-order valence-electron chi connectivity index (χ4n) is 1.52. The molecule has 0 aliphatic rings. The van der Waals surface area contributed by atoms with E-state index in [4.69, 9.17) is 28.9 Å². The zero-order valence-corrected chi connectivity index (χ0v) is 11.0.